The molecular weight excluding hydrogens is 851 g/mol. The van der Waals surface area contributed by atoms with Gasteiger partial charge in [-0.05, 0) is 57.8 Å². The highest BCUT2D eigenvalue weighted by atomic mass is 16.5. The van der Waals surface area contributed by atoms with Gasteiger partial charge in [0, 0.05) is 12.8 Å². The second-order valence-corrected chi connectivity index (χ2v) is 21.4. The average molecular weight is 973 g/mol. The van der Waals surface area contributed by atoms with E-state index in [2.05, 4.69) is 31.3 Å². The number of carbonyl (C=O) groups is 2. The van der Waals surface area contributed by atoms with Gasteiger partial charge in [-0.3, -0.25) is 9.59 Å². The third-order valence-corrected chi connectivity index (χ3v) is 14.5. The zero-order chi connectivity index (χ0) is 50.0. The Morgan fingerprint density at radius 2 is 0.681 bits per heavy atom. The minimum absolute atomic E-state index is 0.00828. The Balaban J connectivity index is 3.49. The molecule has 0 heterocycles. The number of esters is 1. The number of allylic oxidation sites excluding steroid dienone is 3. The molecule has 2 unspecified atom stereocenters. The molecular formula is C63H121NO5. The lowest BCUT2D eigenvalue weighted by atomic mass is 10.0. The number of hydrogen-bond acceptors (Lipinski definition) is 5. The summed E-state index contributed by atoms with van der Waals surface area (Å²) in [5, 5.41) is 23.2. The number of aliphatic hydroxyl groups excluding tert-OH is 2. The third kappa shape index (κ3) is 55.5. The van der Waals surface area contributed by atoms with Crippen molar-refractivity contribution in [2.45, 2.75) is 353 Å². The van der Waals surface area contributed by atoms with Crippen molar-refractivity contribution in [3.05, 3.63) is 24.3 Å². The minimum atomic E-state index is -0.855. The van der Waals surface area contributed by atoms with Gasteiger partial charge in [0.1, 0.15) is 0 Å². The Morgan fingerprint density at radius 3 is 1.03 bits per heavy atom. The highest BCUT2D eigenvalue weighted by Gasteiger charge is 2.18. The average Bonchev–Trinajstić information content (AvgIpc) is 3.35. The molecule has 0 radical (unpaired) electrons. The van der Waals surface area contributed by atoms with Crippen molar-refractivity contribution >= 4 is 11.9 Å². The first kappa shape index (κ1) is 67.3. The summed E-state index contributed by atoms with van der Waals surface area (Å²) in [6, 6.07) is -0.640. The van der Waals surface area contributed by atoms with E-state index < -0.39 is 12.1 Å². The van der Waals surface area contributed by atoms with Crippen LogP contribution in [0.3, 0.4) is 0 Å². The van der Waals surface area contributed by atoms with Gasteiger partial charge >= 0.3 is 5.97 Å². The molecule has 0 bridgehead atoms. The molecule has 0 spiro atoms. The first-order valence-electron chi connectivity index (χ1n) is 31.1. The number of hydrogen-bond donors (Lipinski definition) is 3. The molecule has 69 heavy (non-hydrogen) atoms. The fourth-order valence-corrected chi connectivity index (χ4v) is 9.69. The van der Waals surface area contributed by atoms with Crippen molar-refractivity contribution in [2.75, 3.05) is 13.2 Å². The molecule has 0 saturated heterocycles. The molecule has 6 nitrogen and oxygen atoms in total. The smallest absolute Gasteiger partial charge is 0.305 e. The monoisotopic (exact) mass is 972 g/mol. The van der Waals surface area contributed by atoms with E-state index in [4.69, 9.17) is 4.74 Å². The Hall–Kier alpha value is -1.66. The van der Waals surface area contributed by atoms with Gasteiger partial charge in [-0.15, -0.1) is 0 Å². The van der Waals surface area contributed by atoms with Crippen molar-refractivity contribution in [1.29, 1.82) is 0 Å². The maximum absolute atomic E-state index is 12.5. The van der Waals surface area contributed by atoms with E-state index in [1.807, 2.05) is 6.08 Å². The molecule has 1 amide bonds. The molecule has 0 fully saturated rings. The van der Waals surface area contributed by atoms with Gasteiger partial charge in [-0.25, -0.2) is 0 Å². The summed E-state index contributed by atoms with van der Waals surface area (Å²) in [7, 11) is 0. The third-order valence-electron chi connectivity index (χ3n) is 14.5. The second kappa shape index (κ2) is 58.9. The molecule has 0 aromatic carbocycles. The van der Waals surface area contributed by atoms with Crippen LogP contribution in [0.4, 0.5) is 0 Å². The fourth-order valence-electron chi connectivity index (χ4n) is 9.69. The van der Waals surface area contributed by atoms with E-state index in [9.17, 15) is 19.8 Å². The number of rotatable bonds is 58. The van der Waals surface area contributed by atoms with Gasteiger partial charge in [0.25, 0.3) is 0 Å². The SMILES string of the molecule is CCCCCCCCCCCCCCCCCCCCCCC/C=C/C(O)C(CO)NC(=O)CCCCCCCCC/C=C\CCCCCCOC(=O)CCCCCCCCCCCCCCCC. The van der Waals surface area contributed by atoms with E-state index >= 15 is 0 Å². The molecule has 0 saturated carbocycles. The zero-order valence-corrected chi connectivity index (χ0v) is 46.6. The highest BCUT2D eigenvalue weighted by molar-refractivity contribution is 5.76. The molecule has 0 aromatic rings. The van der Waals surface area contributed by atoms with Crippen LogP contribution < -0.4 is 5.32 Å². The van der Waals surface area contributed by atoms with Gasteiger partial charge in [0.05, 0.1) is 25.4 Å². The van der Waals surface area contributed by atoms with Crippen molar-refractivity contribution < 1.29 is 24.5 Å². The predicted octanol–water partition coefficient (Wildman–Crippen LogP) is 19.4. The number of amides is 1. The molecule has 2 atom stereocenters. The van der Waals surface area contributed by atoms with Gasteiger partial charge in [0.2, 0.25) is 5.91 Å². The topological polar surface area (TPSA) is 95.9 Å². The van der Waals surface area contributed by atoms with E-state index in [1.165, 1.54) is 244 Å². The second-order valence-electron chi connectivity index (χ2n) is 21.4. The first-order chi connectivity index (χ1) is 34.0. The predicted molar refractivity (Wildman–Crippen MR) is 301 cm³/mol. The lowest BCUT2D eigenvalue weighted by Gasteiger charge is -2.20. The highest BCUT2D eigenvalue weighted by Crippen LogP contribution is 2.17. The molecule has 6 heteroatoms. The molecule has 0 aliphatic heterocycles. The molecule has 0 aliphatic rings. The maximum atomic E-state index is 12.5. The zero-order valence-electron chi connectivity index (χ0n) is 46.6. The van der Waals surface area contributed by atoms with Gasteiger partial charge in [-0.2, -0.15) is 0 Å². The van der Waals surface area contributed by atoms with E-state index in [-0.39, 0.29) is 18.5 Å². The van der Waals surface area contributed by atoms with Crippen LogP contribution in [0.15, 0.2) is 24.3 Å². The van der Waals surface area contributed by atoms with Crippen LogP contribution in [0.25, 0.3) is 0 Å². The first-order valence-corrected chi connectivity index (χ1v) is 31.1. The number of ether oxygens (including phenoxy) is 1. The summed E-state index contributed by atoms with van der Waals surface area (Å²) < 4.78 is 5.47. The van der Waals surface area contributed by atoms with Crippen LogP contribution in [0.2, 0.25) is 0 Å². The summed E-state index contributed by atoms with van der Waals surface area (Å²) in [4.78, 5) is 24.5. The number of unbranched alkanes of at least 4 members (excludes halogenated alkanes) is 45. The molecule has 408 valence electrons. The van der Waals surface area contributed by atoms with Crippen molar-refractivity contribution in [3.8, 4) is 0 Å². The Bertz CT molecular complexity index is 1080. The van der Waals surface area contributed by atoms with Gasteiger partial charge in [0.15, 0.2) is 0 Å². The van der Waals surface area contributed by atoms with Crippen molar-refractivity contribution in [1.82, 2.24) is 5.32 Å². The molecule has 0 aromatic heterocycles. The Labute approximate surface area is 431 Å². The maximum Gasteiger partial charge on any atom is 0.305 e. The standard InChI is InChI=1S/C63H121NO5/c1-3-5-7-9-11-13-15-17-19-20-21-22-23-24-25-26-28-31-35-39-43-47-51-55-61(66)60(59-65)64-62(67)56-52-48-44-40-36-32-29-27-30-34-38-42-46-50-54-58-69-63(68)57-53-49-45-41-37-33-18-16-14-12-10-8-6-4-2/h30,34,51,55,60-61,65-66H,3-29,31-33,35-50,52-54,56-59H2,1-2H3,(H,64,67)/b34-30-,55-51+. The number of carbonyl (C=O) groups excluding carboxylic acids is 2. The van der Waals surface area contributed by atoms with E-state index in [0.717, 1.165) is 70.6 Å². The van der Waals surface area contributed by atoms with Crippen molar-refractivity contribution in [3.63, 3.8) is 0 Å². The normalized spacial score (nSPS) is 12.7. The van der Waals surface area contributed by atoms with Gasteiger partial charge < -0.3 is 20.3 Å². The number of aliphatic hydroxyl groups is 2. The van der Waals surface area contributed by atoms with Crippen LogP contribution >= 0.6 is 0 Å². The van der Waals surface area contributed by atoms with Crippen molar-refractivity contribution in [2.24, 2.45) is 0 Å². The summed E-state index contributed by atoms with van der Waals surface area (Å²) >= 11 is 0. The van der Waals surface area contributed by atoms with Crippen LogP contribution in [0.5, 0.6) is 0 Å². The number of nitrogens with one attached hydrogen (secondary N) is 1. The molecule has 0 rings (SSSR count). The van der Waals surface area contributed by atoms with Crippen LogP contribution in [-0.2, 0) is 14.3 Å². The summed E-state index contributed by atoms with van der Waals surface area (Å²) in [5.41, 5.74) is 0. The fraction of sp³-hybridized carbons (Fsp3) is 0.905. The van der Waals surface area contributed by atoms with Crippen LogP contribution in [0.1, 0.15) is 341 Å². The minimum Gasteiger partial charge on any atom is -0.466 e. The van der Waals surface area contributed by atoms with E-state index in [1.54, 1.807) is 6.08 Å². The summed E-state index contributed by atoms with van der Waals surface area (Å²) in [6.07, 6.45) is 72.1. The summed E-state index contributed by atoms with van der Waals surface area (Å²) in [5.74, 6) is -0.0880. The van der Waals surface area contributed by atoms with Crippen LogP contribution in [-0.4, -0.2) is 47.4 Å². The summed E-state index contributed by atoms with van der Waals surface area (Å²) in [6.45, 7) is 4.90. The lowest BCUT2D eigenvalue weighted by Crippen LogP contribution is -2.45. The largest absolute Gasteiger partial charge is 0.466 e. The molecule has 0 aliphatic carbocycles. The van der Waals surface area contributed by atoms with E-state index in [0.29, 0.717) is 19.4 Å². The van der Waals surface area contributed by atoms with Gasteiger partial charge in [-0.1, -0.05) is 295 Å². The lowest BCUT2D eigenvalue weighted by molar-refractivity contribution is -0.143. The van der Waals surface area contributed by atoms with Crippen LogP contribution in [0, 0.1) is 0 Å². The quantitative estimate of drug-likeness (QED) is 0.0321. The Morgan fingerprint density at radius 1 is 0.391 bits per heavy atom. The molecule has 3 N–H and O–H groups in total. The Kier molecular flexibility index (Phi) is 57.5.